The van der Waals surface area contributed by atoms with E-state index >= 15 is 0 Å². The number of rotatable bonds is 7. The Balaban J connectivity index is 1.98. The summed E-state index contributed by atoms with van der Waals surface area (Å²) in [5.74, 6) is -0.429. The number of nitrogens with zero attached hydrogens (tertiary/aromatic N) is 2. The van der Waals surface area contributed by atoms with Crippen molar-refractivity contribution >= 4 is 43.5 Å². The molecule has 0 bridgehead atoms. The Kier molecular flexibility index (Phi) is 5.82. The molecule has 0 unspecified atom stereocenters. The molecule has 0 spiro atoms. The summed E-state index contributed by atoms with van der Waals surface area (Å²) in [6, 6.07) is 4.14. The van der Waals surface area contributed by atoms with Crippen LogP contribution in [0.5, 0.6) is 0 Å². The molecule has 24 heavy (non-hydrogen) atoms. The topological polar surface area (TPSA) is 159 Å². The van der Waals surface area contributed by atoms with E-state index in [9.17, 15) is 12.8 Å². The van der Waals surface area contributed by atoms with Crippen molar-refractivity contribution in [3.05, 3.63) is 34.2 Å². The van der Waals surface area contributed by atoms with E-state index in [1.54, 1.807) is 0 Å². The van der Waals surface area contributed by atoms with Crippen LogP contribution in [0.25, 0.3) is 0 Å². The maximum atomic E-state index is 13.2. The summed E-state index contributed by atoms with van der Waals surface area (Å²) < 4.78 is 41.6. The van der Waals surface area contributed by atoms with Crippen molar-refractivity contribution in [3.8, 4) is 0 Å². The number of hydrogen-bond donors (Lipinski definition) is 5. The molecule has 10 nitrogen and oxygen atoms in total. The maximum Gasteiger partial charge on any atom is 0.274 e. The molecule has 0 fully saturated rings. The van der Waals surface area contributed by atoms with E-state index in [0.717, 1.165) is 0 Å². The van der Waals surface area contributed by atoms with Gasteiger partial charge in [0, 0.05) is 18.8 Å². The third-order valence-electron chi connectivity index (χ3n) is 2.63. The summed E-state index contributed by atoms with van der Waals surface area (Å²) in [5.41, 5.74) is 0.532. The fourth-order valence-corrected chi connectivity index (χ4v) is 2.39. The van der Waals surface area contributed by atoms with Crippen molar-refractivity contribution in [2.45, 2.75) is 0 Å². The van der Waals surface area contributed by atoms with E-state index in [1.165, 1.54) is 18.2 Å². The van der Waals surface area contributed by atoms with E-state index < -0.39 is 16.0 Å². The zero-order valence-corrected chi connectivity index (χ0v) is 14.4. The first-order valence-corrected chi connectivity index (χ1v) is 8.75. The second kappa shape index (κ2) is 7.65. The molecule has 0 aliphatic carbocycles. The van der Waals surface area contributed by atoms with Gasteiger partial charge in [-0.25, -0.2) is 18.9 Å². The van der Waals surface area contributed by atoms with Crippen LogP contribution in [-0.4, -0.2) is 37.7 Å². The van der Waals surface area contributed by atoms with Gasteiger partial charge in [0.05, 0.1) is 4.47 Å². The Hall–Kier alpha value is -2.09. The lowest BCUT2D eigenvalue weighted by atomic mass is 10.3. The van der Waals surface area contributed by atoms with Crippen LogP contribution in [-0.2, 0) is 10.2 Å². The van der Waals surface area contributed by atoms with Gasteiger partial charge in [-0.1, -0.05) is 0 Å². The highest BCUT2D eigenvalue weighted by Gasteiger charge is 2.15. The van der Waals surface area contributed by atoms with Crippen molar-refractivity contribution in [1.82, 2.24) is 15.0 Å². The lowest BCUT2D eigenvalue weighted by Crippen LogP contribution is -2.34. The fourth-order valence-electron chi connectivity index (χ4n) is 1.62. The van der Waals surface area contributed by atoms with Gasteiger partial charge >= 0.3 is 0 Å². The van der Waals surface area contributed by atoms with E-state index in [1.807, 2.05) is 0 Å². The zero-order chi connectivity index (χ0) is 17.7. The van der Waals surface area contributed by atoms with Crippen LogP contribution in [0.4, 0.5) is 15.9 Å². The minimum Gasteiger partial charge on any atom is -0.364 e. The largest absolute Gasteiger partial charge is 0.364 e. The van der Waals surface area contributed by atoms with Crippen LogP contribution in [0.15, 0.2) is 27.3 Å². The highest BCUT2D eigenvalue weighted by molar-refractivity contribution is 9.10. The van der Waals surface area contributed by atoms with Gasteiger partial charge in [-0.3, -0.25) is 5.41 Å². The van der Waals surface area contributed by atoms with Crippen LogP contribution in [0.1, 0.15) is 5.69 Å². The number of nitrogens with two attached hydrogens (primary N) is 1. The Bertz CT molecular complexity index is 842. The average Bonchev–Trinajstić information content (AvgIpc) is 2.95. The molecular weight excluding hydrogens is 409 g/mol. The van der Waals surface area contributed by atoms with Crippen LogP contribution >= 0.6 is 15.9 Å². The minimum absolute atomic E-state index is 0.0107. The van der Waals surface area contributed by atoms with E-state index in [-0.39, 0.29) is 34.9 Å². The monoisotopic (exact) mass is 421 g/mol. The quantitative estimate of drug-likeness (QED) is 0.248. The maximum absolute atomic E-state index is 13.2. The summed E-state index contributed by atoms with van der Waals surface area (Å²) in [5, 5.41) is 25.4. The Morgan fingerprint density at radius 3 is 2.79 bits per heavy atom. The Labute approximate surface area is 144 Å². The second-order valence-corrected chi connectivity index (χ2v) is 6.69. The first-order chi connectivity index (χ1) is 11.3. The van der Waals surface area contributed by atoms with Crippen molar-refractivity contribution < 1.29 is 17.4 Å². The molecule has 0 aliphatic heterocycles. The summed E-state index contributed by atoms with van der Waals surface area (Å²) in [6.45, 7) is 0.157. The molecule has 0 radical (unpaired) electrons. The molecule has 0 saturated heterocycles. The van der Waals surface area contributed by atoms with Gasteiger partial charge in [-0.2, -0.15) is 8.42 Å². The average molecular weight is 422 g/mol. The van der Waals surface area contributed by atoms with E-state index in [2.05, 4.69) is 46.2 Å². The molecule has 2 rings (SSSR count). The number of aromatic nitrogens is 2. The number of nitrogens with one attached hydrogen (secondary N) is 4. The molecule has 1 aromatic carbocycles. The number of halogens is 2. The molecule has 2 aromatic rings. The van der Waals surface area contributed by atoms with Crippen molar-refractivity contribution in [2.24, 2.45) is 5.14 Å². The first kappa shape index (κ1) is 18.3. The van der Waals surface area contributed by atoms with Gasteiger partial charge in [0.1, 0.15) is 5.82 Å². The third-order valence-corrected chi connectivity index (χ3v) is 3.85. The smallest absolute Gasteiger partial charge is 0.274 e. The molecule has 130 valence electrons. The highest BCUT2D eigenvalue weighted by atomic mass is 79.9. The minimum atomic E-state index is -3.78. The Morgan fingerprint density at radius 2 is 2.12 bits per heavy atom. The number of anilines is 2. The molecule has 6 N–H and O–H groups in total. The Morgan fingerprint density at radius 1 is 1.38 bits per heavy atom. The van der Waals surface area contributed by atoms with Gasteiger partial charge in [0.15, 0.2) is 11.5 Å². The lowest BCUT2D eigenvalue weighted by molar-refractivity contribution is 0.308. The molecule has 0 aliphatic rings. The van der Waals surface area contributed by atoms with Gasteiger partial charge in [0.25, 0.3) is 10.2 Å². The second-order valence-electron chi connectivity index (χ2n) is 4.46. The van der Waals surface area contributed by atoms with Crippen LogP contribution in [0, 0.1) is 11.2 Å². The summed E-state index contributed by atoms with van der Waals surface area (Å²) in [7, 11) is -3.78. The number of benzene rings is 1. The zero-order valence-electron chi connectivity index (χ0n) is 12.0. The summed E-state index contributed by atoms with van der Waals surface area (Å²) in [6.07, 6.45) is 0. The van der Waals surface area contributed by atoms with Crippen LogP contribution in [0.2, 0.25) is 0 Å². The highest BCUT2D eigenvalue weighted by Crippen LogP contribution is 2.21. The first-order valence-electron chi connectivity index (χ1n) is 6.41. The number of amidine groups is 1. The van der Waals surface area contributed by atoms with Crippen molar-refractivity contribution in [1.29, 1.82) is 5.41 Å². The summed E-state index contributed by atoms with van der Waals surface area (Å²) in [4.78, 5) is 0. The van der Waals surface area contributed by atoms with Crippen LogP contribution < -0.4 is 20.5 Å². The standard InChI is InChI=1S/C11H13BrFN7O3S/c12-7-5-6(1-2-8(7)13)18-10(14)9-11(20-23-19-9)16-3-4-17-24(15,21)22/h1-2,5,17H,3-4H2,(H2,14,18)(H,16,20)(H2,15,21,22). The van der Waals surface area contributed by atoms with Gasteiger partial charge in [-0.15, -0.1) is 0 Å². The molecule has 0 amide bonds. The molecular formula is C11H13BrFN7O3S. The number of hydrogen-bond acceptors (Lipinski definition) is 7. The predicted octanol–water partition coefficient (Wildman–Crippen LogP) is 0.614. The normalized spacial score (nSPS) is 11.3. The molecule has 1 aromatic heterocycles. The SMILES string of the molecule is N=C(Nc1ccc(F)c(Br)c1)c1nonc1NCCNS(N)(=O)=O. The predicted molar refractivity (Wildman–Crippen MR) is 88.4 cm³/mol. The van der Waals surface area contributed by atoms with E-state index in [4.69, 9.17) is 10.5 Å². The third kappa shape index (κ3) is 5.23. The van der Waals surface area contributed by atoms with E-state index in [0.29, 0.717) is 5.69 Å². The fraction of sp³-hybridized carbons (Fsp3) is 0.182. The van der Waals surface area contributed by atoms with Crippen molar-refractivity contribution in [2.75, 3.05) is 23.7 Å². The molecule has 0 saturated carbocycles. The van der Waals surface area contributed by atoms with Gasteiger partial charge in [-0.05, 0) is 44.4 Å². The van der Waals surface area contributed by atoms with Crippen LogP contribution in [0.3, 0.4) is 0 Å². The van der Waals surface area contributed by atoms with Gasteiger partial charge < -0.3 is 10.6 Å². The van der Waals surface area contributed by atoms with Gasteiger partial charge in [0.2, 0.25) is 5.82 Å². The molecule has 1 heterocycles. The van der Waals surface area contributed by atoms with Crippen molar-refractivity contribution in [3.63, 3.8) is 0 Å². The lowest BCUT2D eigenvalue weighted by Gasteiger charge is -2.08. The molecule has 13 heteroatoms. The summed E-state index contributed by atoms with van der Waals surface area (Å²) >= 11 is 3.05. The molecule has 0 atom stereocenters.